The maximum atomic E-state index is 5.18. The molecule has 0 spiro atoms. The molecule has 1 unspecified atom stereocenters. The molecule has 1 aromatic rings. The standard InChI is InChI=1S/C14H19BrO/c1-14(9-3-4-10-14)13(15)11-5-7-12(16-2)8-6-11/h5-8,13H,3-4,9-10H2,1-2H3. The molecular formula is C14H19BrO. The van der Waals surface area contributed by atoms with Gasteiger partial charge in [-0.15, -0.1) is 0 Å². The summed E-state index contributed by atoms with van der Waals surface area (Å²) in [6.45, 7) is 2.39. The van der Waals surface area contributed by atoms with Gasteiger partial charge in [-0.25, -0.2) is 0 Å². The zero-order chi connectivity index (χ0) is 11.6. The van der Waals surface area contributed by atoms with Crippen LogP contribution in [0.5, 0.6) is 5.75 Å². The summed E-state index contributed by atoms with van der Waals surface area (Å²) in [5.41, 5.74) is 1.79. The van der Waals surface area contributed by atoms with Gasteiger partial charge in [0.2, 0.25) is 0 Å². The average Bonchev–Trinajstić information content (AvgIpc) is 2.77. The second kappa shape index (κ2) is 4.79. The van der Waals surface area contributed by atoms with Crippen LogP contribution in [0.1, 0.15) is 43.0 Å². The summed E-state index contributed by atoms with van der Waals surface area (Å²) in [4.78, 5) is 0.466. The molecule has 0 aromatic heterocycles. The highest BCUT2D eigenvalue weighted by atomic mass is 79.9. The molecule has 0 radical (unpaired) electrons. The molecule has 0 aliphatic heterocycles. The van der Waals surface area contributed by atoms with E-state index in [1.54, 1.807) is 7.11 Å². The topological polar surface area (TPSA) is 9.23 Å². The highest BCUT2D eigenvalue weighted by Crippen LogP contribution is 2.51. The molecule has 2 rings (SSSR count). The summed E-state index contributed by atoms with van der Waals surface area (Å²) in [5.74, 6) is 0.931. The lowest BCUT2D eigenvalue weighted by molar-refractivity contribution is 0.331. The Hall–Kier alpha value is -0.500. The molecule has 0 saturated heterocycles. The zero-order valence-electron chi connectivity index (χ0n) is 10.0. The number of methoxy groups -OCH3 is 1. The highest BCUT2D eigenvalue weighted by Gasteiger charge is 2.36. The van der Waals surface area contributed by atoms with Crippen LogP contribution in [0.3, 0.4) is 0 Å². The second-order valence-corrected chi connectivity index (χ2v) is 5.91. The van der Waals surface area contributed by atoms with Crippen molar-refractivity contribution < 1.29 is 4.74 Å². The van der Waals surface area contributed by atoms with Crippen molar-refractivity contribution in [2.45, 2.75) is 37.4 Å². The summed E-state index contributed by atoms with van der Waals surface area (Å²) in [5, 5.41) is 0. The predicted octanol–water partition coefficient (Wildman–Crippen LogP) is 4.71. The van der Waals surface area contributed by atoms with E-state index >= 15 is 0 Å². The van der Waals surface area contributed by atoms with Gasteiger partial charge in [0.25, 0.3) is 0 Å². The molecular weight excluding hydrogens is 264 g/mol. The third kappa shape index (κ3) is 2.27. The minimum absolute atomic E-state index is 0.425. The van der Waals surface area contributed by atoms with Crippen LogP contribution in [0, 0.1) is 5.41 Å². The molecule has 88 valence electrons. The third-order valence-corrected chi connectivity index (χ3v) is 5.40. The van der Waals surface area contributed by atoms with Crippen LogP contribution in [0.15, 0.2) is 24.3 Å². The molecule has 1 aliphatic rings. The smallest absolute Gasteiger partial charge is 0.118 e. The van der Waals surface area contributed by atoms with E-state index in [0.717, 1.165) is 5.75 Å². The lowest BCUT2D eigenvalue weighted by Gasteiger charge is -2.30. The Morgan fingerprint density at radius 2 is 1.75 bits per heavy atom. The number of ether oxygens (including phenoxy) is 1. The van der Waals surface area contributed by atoms with Crippen molar-refractivity contribution in [3.8, 4) is 5.75 Å². The van der Waals surface area contributed by atoms with Crippen LogP contribution in [0.25, 0.3) is 0 Å². The van der Waals surface area contributed by atoms with E-state index in [1.165, 1.54) is 31.2 Å². The summed E-state index contributed by atoms with van der Waals surface area (Å²) < 4.78 is 5.18. The van der Waals surface area contributed by atoms with Crippen LogP contribution >= 0.6 is 15.9 Å². The van der Waals surface area contributed by atoms with Crippen molar-refractivity contribution in [3.63, 3.8) is 0 Å². The molecule has 2 heteroatoms. The fourth-order valence-corrected chi connectivity index (χ4v) is 3.37. The minimum Gasteiger partial charge on any atom is -0.497 e. The van der Waals surface area contributed by atoms with Gasteiger partial charge in [0.15, 0.2) is 0 Å². The van der Waals surface area contributed by atoms with Crippen LogP contribution in [-0.4, -0.2) is 7.11 Å². The normalized spacial score (nSPS) is 20.7. The van der Waals surface area contributed by atoms with Crippen molar-refractivity contribution in [2.24, 2.45) is 5.41 Å². The third-order valence-electron chi connectivity index (χ3n) is 3.77. The first-order valence-corrected chi connectivity index (χ1v) is 6.85. The van der Waals surface area contributed by atoms with Gasteiger partial charge in [0.1, 0.15) is 5.75 Å². The van der Waals surface area contributed by atoms with Crippen molar-refractivity contribution in [1.82, 2.24) is 0 Å². The molecule has 16 heavy (non-hydrogen) atoms. The molecule has 1 nitrogen and oxygen atoms in total. The molecule has 0 N–H and O–H groups in total. The minimum atomic E-state index is 0.425. The Bertz CT molecular complexity index is 338. The first-order chi connectivity index (χ1) is 7.65. The molecule has 0 heterocycles. The summed E-state index contributed by atoms with van der Waals surface area (Å²) in [6, 6.07) is 8.42. The van der Waals surface area contributed by atoms with Crippen LogP contribution in [0.2, 0.25) is 0 Å². The van der Waals surface area contributed by atoms with Gasteiger partial charge in [0, 0.05) is 4.83 Å². The largest absolute Gasteiger partial charge is 0.497 e. The van der Waals surface area contributed by atoms with Crippen LogP contribution in [0.4, 0.5) is 0 Å². The monoisotopic (exact) mass is 282 g/mol. The van der Waals surface area contributed by atoms with Crippen molar-refractivity contribution in [1.29, 1.82) is 0 Å². The van der Waals surface area contributed by atoms with E-state index in [9.17, 15) is 0 Å². The van der Waals surface area contributed by atoms with Gasteiger partial charge in [-0.1, -0.05) is 47.8 Å². The van der Waals surface area contributed by atoms with E-state index in [0.29, 0.717) is 10.2 Å². The summed E-state index contributed by atoms with van der Waals surface area (Å²) in [6.07, 6.45) is 5.40. The number of alkyl halides is 1. The Balaban J connectivity index is 2.16. The number of hydrogen-bond acceptors (Lipinski definition) is 1. The van der Waals surface area contributed by atoms with Gasteiger partial charge in [-0.2, -0.15) is 0 Å². The number of hydrogen-bond donors (Lipinski definition) is 0. The molecule has 1 aliphatic carbocycles. The molecule has 1 saturated carbocycles. The fraction of sp³-hybridized carbons (Fsp3) is 0.571. The Morgan fingerprint density at radius 3 is 2.25 bits per heavy atom. The SMILES string of the molecule is COc1ccc(C(Br)C2(C)CCCC2)cc1. The average molecular weight is 283 g/mol. The highest BCUT2D eigenvalue weighted by molar-refractivity contribution is 9.09. The van der Waals surface area contributed by atoms with Crippen LogP contribution < -0.4 is 4.74 Å². The molecule has 0 bridgehead atoms. The lowest BCUT2D eigenvalue weighted by Crippen LogP contribution is -2.17. The Labute approximate surface area is 106 Å². The van der Waals surface area contributed by atoms with E-state index in [-0.39, 0.29) is 0 Å². The quantitative estimate of drug-likeness (QED) is 0.730. The van der Waals surface area contributed by atoms with E-state index in [2.05, 4.69) is 35.0 Å². The summed E-state index contributed by atoms with van der Waals surface area (Å²) in [7, 11) is 1.71. The number of benzene rings is 1. The Kier molecular flexibility index (Phi) is 3.58. The molecule has 1 atom stereocenters. The van der Waals surface area contributed by atoms with Gasteiger partial charge >= 0.3 is 0 Å². The maximum absolute atomic E-state index is 5.18. The number of halogens is 1. The second-order valence-electron chi connectivity index (χ2n) is 5.00. The van der Waals surface area contributed by atoms with E-state index in [1.807, 2.05) is 12.1 Å². The van der Waals surface area contributed by atoms with Gasteiger partial charge in [-0.05, 0) is 36.0 Å². The lowest BCUT2D eigenvalue weighted by atomic mass is 9.82. The van der Waals surface area contributed by atoms with Crippen molar-refractivity contribution in [3.05, 3.63) is 29.8 Å². The van der Waals surface area contributed by atoms with Gasteiger partial charge < -0.3 is 4.74 Å². The van der Waals surface area contributed by atoms with Crippen LogP contribution in [-0.2, 0) is 0 Å². The first-order valence-electron chi connectivity index (χ1n) is 5.94. The first kappa shape index (κ1) is 12.0. The fourth-order valence-electron chi connectivity index (χ4n) is 2.61. The molecule has 0 amide bonds. The summed E-state index contributed by atoms with van der Waals surface area (Å²) >= 11 is 3.87. The Morgan fingerprint density at radius 1 is 1.19 bits per heavy atom. The zero-order valence-corrected chi connectivity index (χ0v) is 11.6. The van der Waals surface area contributed by atoms with Crippen molar-refractivity contribution in [2.75, 3.05) is 7.11 Å². The van der Waals surface area contributed by atoms with E-state index < -0.39 is 0 Å². The maximum Gasteiger partial charge on any atom is 0.118 e. The molecule has 1 fully saturated rings. The van der Waals surface area contributed by atoms with Crippen molar-refractivity contribution >= 4 is 15.9 Å². The molecule has 1 aromatic carbocycles. The van der Waals surface area contributed by atoms with E-state index in [4.69, 9.17) is 4.74 Å². The van der Waals surface area contributed by atoms with Gasteiger partial charge in [-0.3, -0.25) is 0 Å². The van der Waals surface area contributed by atoms with Gasteiger partial charge in [0.05, 0.1) is 7.11 Å². The predicted molar refractivity (Wildman–Crippen MR) is 71.2 cm³/mol. The number of rotatable bonds is 3.